The first-order valence-electron chi connectivity index (χ1n) is 5.09. The Kier molecular flexibility index (Phi) is 2.04. The lowest BCUT2D eigenvalue weighted by molar-refractivity contribution is 0.465. The van der Waals surface area contributed by atoms with Crippen LogP contribution in [-0.2, 0) is 6.42 Å². The maximum atomic E-state index is 9.76. The summed E-state index contributed by atoms with van der Waals surface area (Å²) in [7, 11) is 0. The van der Waals surface area contributed by atoms with E-state index < -0.39 is 0 Å². The maximum Gasteiger partial charge on any atom is 0.121 e. The van der Waals surface area contributed by atoms with E-state index in [2.05, 4.69) is 6.07 Å². The number of hydrogen-bond acceptors (Lipinski definition) is 2. The van der Waals surface area contributed by atoms with E-state index in [0.29, 0.717) is 5.75 Å². The SMILES string of the molecule is Cc1ccc(CC2(N)CC2)c(C)c1O. The highest BCUT2D eigenvalue weighted by molar-refractivity contribution is 5.44. The van der Waals surface area contributed by atoms with Crippen molar-refractivity contribution in [2.24, 2.45) is 5.73 Å². The van der Waals surface area contributed by atoms with Crippen LogP contribution in [-0.4, -0.2) is 10.6 Å². The Hall–Kier alpha value is -1.02. The molecule has 1 aromatic rings. The van der Waals surface area contributed by atoms with Gasteiger partial charge in [0, 0.05) is 5.54 Å². The molecule has 0 unspecified atom stereocenters. The molecule has 1 fully saturated rings. The second-order valence-corrected chi connectivity index (χ2v) is 4.55. The fourth-order valence-electron chi connectivity index (χ4n) is 1.79. The molecule has 1 saturated carbocycles. The van der Waals surface area contributed by atoms with Crippen molar-refractivity contribution in [3.63, 3.8) is 0 Å². The first-order chi connectivity index (χ1) is 6.52. The second-order valence-electron chi connectivity index (χ2n) is 4.55. The fraction of sp³-hybridized carbons (Fsp3) is 0.500. The Balaban J connectivity index is 2.30. The van der Waals surface area contributed by atoms with E-state index in [4.69, 9.17) is 5.73 Å². The molecule has 14 heavy (non-hydrogen) atoms. The van der Waals surface area contributed by atoms with Gasteiger partial charge in [0.05, 0.1) is 0 Å². The molecular formula is C12H17NO. The van der Waals surface area contributed by atoms with Crippen molar-refractivity contribution in [2.75, 3.05) is 0 Å². The molecule has 1 aliphatic carbocycles. The van der Waals surface area contributed by atoms with Crippen molar-refractivity contribution >= 4 is 0 Å². The highest BCUT2D eigenvalue weighted by Crippen LogP contribution is 2.37. The predicted molar refractivity (Wildman–Crippen MR) is 57.4 cm³/mol. The lowest BCUT2D eigenvalue weighted by Gasteiger charge is -2.13. The van der Waals surface area contributed by atoms with Crippen LogP contribution in [0.25, 0.3) is 0 Å². The maximum absolute atomic E-state index is 9.76. The molecule has 0 saturated heterocycles. The van der Waals surface area contributed by atoms with Crippen LogP contribution in [0.4, 0.5) is 0 Å². The van der Waals surface area contributed by atoms with Gasteiger partial charge in [-0.1, -0.05) is 12.1 Å². The van der Waals surface area contributed by atoms with Crippen LogP contribution in [0, 0.1) is 13.8 Å². The zero-order valence-corrected chi connectivity index (χ0v) is 8.80. The van der Waals surface area contributed by atoms with Crippen LogP contribution in [0.3, 0.4) is 0 Å². The molecule has 3 N–H and O–H groups in total. The van der Waals surface area contributed by atoms with Crippen molar-refractivity contribution in [1.82, 2.24) is 0 Å². The van der Waals surface area contributed by atoms with Gasteiger partial charge < -0.3 is 10.8 Å². The number of aromatic hydroxyl groups is 1. The van der Waals surface area contributed by atoms with Crippen LogP contribution in [0.5, 0.6) is 5.75 Å². The smallest absolute Gasteiger partial charge is 0.121 e. The zero-order chi connectivity index (χ0) is 10.3. The molecule has 0 atom stereocenters. The lowest BCUT2D eigenvalue weighted by atomic mass is 9.97. The molecule has 2 heteroatoms. The van der Waals surface area contributed by atoms with E-state index in [1.165, 1.54) is 5.56 Å². The monoisotopic (exact) mass is 191 g/mol. The van der Waals surface area contributed by atoms with Gasteiger partial charge in [0.2, 0.25) is 0 Å². The number of aryl methyl sites for hydroxylation is 1. The second kappa shape index (κ2) is 2.99. The van der Waals surface area contributed by atoms with E-state index in [-0.39, 0.29) is 5.54 Å². The fourth-order valence-corrected chi connectivity index (χ4v) is 1.79. The van der Waals surface area contributed by atoms with Gasteiger partial charge in [-0.2, -0.15) is 0 Å². The van der Waals surface area contributed by atoms with Crippen LogP contribution >= 0.6 is 0 Å². The molecule has 0 bridgehead atoms. The van der Waals surface area contributed by atoms with E-state index in [1.54, 1.807) is 0 Å². The summed E-state index contributed by atoms with van der Waals surface area (Å²) in [6.07, 6.45) is 3.12. The number of phenols is 1. The van der Waals surface area contributed by atoms with Gasteiger partial charge in [-0.25, -0.2) is 0 Å². The summed E-state index contributed by atoms with van der Waals surface area (Å²) in [4.78, 5) is 0. The Morgan fingerprint density at radius 1 is 1.36 bits per heavy atom. The Bertz CT molecular complexity index is 367. The normalized spacial score (nSPS) is 18.2. The van der Waals surface area contributed by atoms with E-state index >= 15 is 0 Å². The third-order valence-electron chi connectivity index (χ3n) is 3.18. The van der Waals surface area contributed by atoms with Gasteiger partial charge in [-0.15, -0.1) is 0 Å². The molecule has 0 amide bonds. The summed E-state index contributed by atoms with van der Waals surface area (Å²) >= 11 is 0. The number of nitrogens with two attached hydrogens (primary N) is 1. The molecule has 2 rings (SSSR count). The number of hydrogen-bond donors (Lipinski definition) is 2. The molecule has 0 heterocycles. The Labute approximate surface area is 84.7 Å². The Morgan fingerprint density at radius 2 is 2.00 bits per heavy atom. The summed E-state index contributed by atoms with van der Waals surface area (Å²) in [5, 5.41) is 9.76. The zero-order valence-electron chi connectivity index (χ0n) is 8.80. The first-order valence-corrected chi connectivity index (χ1v) is 5.09. The van der Waals surface area contributed by atoms with Gasteiger partial charge in [0.1, 0.15) is 5.75 Å². The van der Waals surface area contributed by atoms with Gasteiger partial charge in [0.15, 0.2) is 0 Å². The standard InChI is InChI=1S/C12H17NO/c1-8-3-4-10(9(2)11(8)14)7-12(13)5-6-12/h3-4,14H,5-7,13H2,1-2H3. The quantitative estimate of drug-likeness (QED) is 0.751. The minimum Gasteiger partial charge on any atom is -0.507 e. The highest BCUT2D eigenvalue weighted by Gasteiger charge is 2.38. The predicted octanol–water partition coefficient (Wildman–Crippen LogP) is 2.04. The third kappa shape index (κ3) is 1.62. The van der Waals surface area contributed by atoms with Crippen molar-refractivity contribution < 1.29 is 5.11 Å². The molecule has 2 nitrogen and oxygen atoms in total. The molecule has 76 valence electrons. The summed E-state index contributed by atoms with van der Waals surface area (Å²) in [5.74, 6) is 0.423. The Morgan fingerprint density at radius 3 is 2.57 bits per heavy atom. The lowest BCUT2D eigenvalue weighted by Crippen LogP contribution is -2.24. The summed E-state index contributed by atoms with van der Waals surface area (Å²) in [6, 6.07) is 4.04. The van der Waals surface area contributed by atoms with Crippen LogP contribution in [0.2, 0.25) is 0 Å². The average molecular weight is 191 g/mol. The summed E-state index contributed by atoms with van der Waals surface area (Å²) < 4.78 is 0. The van der Waals surface area contributed by atoms with E-state index in [0.717, 1.165) is 30.4 Å². The first kappa shape index (κ1) is 9.53. The minimum atomic E-state index is 0.0203. The molecule has 0 radical (unpaired) electrons. The topological polar surface area (TPSA) is 46.2 Å². The molecule has 1 aliphatic rings. The minimum absolute atomic E-state index is 0.0203. The average Bonchev–Trinajstić information content (AvgIpc) is 2.86. The summed E-state index contributed by atoms with van der Waals surface area (Å²) in [5.41, 5.74) is 9.19. The van der Waals surface area contributed by atoms with Gasteiger partial charge in [0.25, 0.3) is 0 Å². The largest absolute Gasteiger partial charge is 0.507 e. The van der Waals surface area contributed by atoms with Crippen molar-refractivity contribution in [1.29, 1.82) is 0 Å². The number of benzene rings is 1. The van der Waals surface area contributed by atoms with Crippen molar-refractivity contribution in [3.05, 3.63) is 28.8 Å². The molecule has 0 aromatic heterocycles. The van der Waals surface area contributed by atoms with Gasteiger partial charge in [-0.05, 0) is 49.8 Å². The van der Waals surface area contributed by atoms with Crippen LogP contribution in [0.15, 0.2) is 12.1 Å². The van der Waals surface area contributed by atoms with Crippen molar-refractivity contribution in [2.45, 2.75) is 38.6 Å². The number of phenolic OH excluding ortho intramolecular Hbond substituents is 1. The van der Waals surface area contributed by atoms with E-state index in [1.807, 2.05) is 19.9 Å². The van der Waals surface area contributed by atoms with Crippen molar-refractivity contribution in [3.8, 4) is 5.75 Å². The highest BCUT2D eigenvalue weighted by atomic mass is 16.3. The molecule has 0 aliphatic heterocycles. The molecule has 1 aromatic carbocycles. The summed E-state index contributed by atoms with van der Waals surface area (Å²) in [6.45, 7) is 3.88. The molecule has 0 spiro atoms. The van der Waals surface area contributed by atoms with Gasteiger partial charge >= 0.3 is 0 Å². The number of rotatable bonds is 2. The van der Waals surface area contributed by atoms with Crippen LogP contribution < -0.4 is 5.73 Å². The third-order valence-corrected chi connectivity index (χ3v) is 3.18. The van der Waals surface area contributed by atoms with E-state index in [9.17, 15) is 5.11 Å². The van der Waals surface area contributed by atoms with Crippen LogP contribution in [0.1, 0.15) is 29.5 Å². The van der Waals surface area contributed by atoms with Gasteiger partial charge in [-0.3, -0.25) is 0 Å². The molecular weight excluding hydrogens is 174 g/mol.